The lowest BCUT2D eigenvalue weighted by molar-refractivity contribution is 0.0728. The zero-order valence-corrected chi connectivity index (χ0v) is 12.5. The van der Waals surface area contributed by atoms with E-state index < -0.39 is 0 Å². The summed E-state index contributed by atoms with van der Waals surface area (Å²) in [5.74, 6) is 0.0201. The molecule has 6 heteroatoms. The standard InChI is InChI=1S/C16H13ClN4O/c17-15-14-12-6-7-20(8-11-4-2-1-3-5-11)16(22)13(12)9-21(14)19-10-18-15/h1-5,9-10H,6-8H2. The molecule has 3 aromatic rings. The summed E-state index contributed by atoms with van der Waals surface area (Å²) in [6.07, 6.45) is 3.90. The van der Waals surface area contributed by atoms with Gasteiger partial charge in [0.05, 0.1) is 5.56 Å². The van der Waals surface area contributed by atoms with E-state index in [4.69, 9.17) is 11.6 Å². The van der Waals surface area contributed by atoms with Crippen LogP contribution in [0.15, 0.2) is 42.9 Å². The van der Waals surface area contributed by atoms with Gasteiger partial charge in [-0.15, -0.1) is 0 Å². The number of amides is 1. The maximum absolute atomic E-state index is 12.7. The number of rotatable bonds is 2. The molecule has 2 aromatic heterocycles. The normalized spacial score (nSPS) is 14.4. The Morgan fingerprint density at radius 3 is 2.86 bits per heavy atom. The maximum atomic E-state index is 12.7. The fraction of sp³-hybridized carbons (Fsp3) is 0.188. The number of hydrogen-bond acceptors (Lipinski definition) is 3. The summed E-state index contributed by atoms with van der Waals surface area (Å²) in [5, 5.41) is 4.53. The summed E-state index contributed by atoms with van der Waals surface area (Å²) in [6, 6.07) is 10.00. The van der Waals surface area contributed by atoms with Crippen molar-refractivity contribution in [3.8, 4) is 0 Å². The first-order valence-corrected chi connectivity index (χ1v) is 7.46. The number of halogens is 1. The first-order valence-electron chi connectivity index (χ1n) is 7.08. The second-order valence-electron chi connectivity index (χ2n) is 5.33. The lowest BCUT2D eigenvalue weighted by Crippen LogP contribution is -2.36. The van der Waals surface area contributed by atoms with Crippen molar-refractivity contribution in [2.75, 3.05) is 6.54 Å². The Bertz CT molecular complexity index is 859. The monoisotopic (exact) mass is 312 g/mol. The van der Waals surface area contributed by atoms with E-state index in [2.05, 4.69) is 10.1 Å². The van der Waals surface area contributed by atoms with Crippen molar-refractivity contribution >= 4 is 23.0 Å². The third-order valence-electron chi connectivity index (χ3n) is 4.00. The van der Waals surface area contributed by atoms with Crippen molar-refractivity contribution in [2.24, 2.45) is 0 Å². The molecule has 0 saturated heterocycles. The Balaban J connectivity index is 1.72. The van der Waals surface area contributed by atoms with Crippen molar-refractivity contribution in [1.29, 1.82) is 0 Å². The van der Waals surface area contributed by atoms with Crippen LogP contribution < -0.4 is 0 Å². The summed E-state index contributed by atoms with van der Waals surface area (Å²) in [7, 11) is 0. The zero-order valence-electron chi connectivity index (χ0n) is 11.7. The van der Waals surface area contributed by atoms with Gasteiger partial charge in [-0.2, -0.15) is 5.10 Å². The summed E-state index contributed by atoms with van der Waals surface area (Å²) in [6.45, 7) is 1.29. The van der Waals surface area contributed by atoms with Crippen LogP contribution in [0.2, 0.25) is 5.15 Å². The molecule has 0 atom stereocenters. The van der Waals surface area contributed by atoms with Gasteiger partial charge in [-0.25, -0.2) is 9.50 Å². The van der Waals surface area contributed by atoms with E-state index in [1.807, 2.05) is 35.2 Å². The number of nitrogens with zero attached hydrogens (tertiary/aromatic N) is 4. The summed E-state index contributed by atoms with van der Waals surface area (Å²) in [4.78, 5) is 18.6. The second kappa shape index (κ2) is 5.10. The molecule has 110 valence electrons. The number of carbonyl (C=O) groups excluding carboxylic acids is 1. The smallest absolute Gasteiger partial charge is 0.256 e. The minimum absolute atomic E-state index is 0.0201. The van der Waals surface area contributed by atoms with Gasteiger partial charge in [0, 0.05) is 19.3 Å². The molecule has 0 unspecified atom stereocenters. The third kappa shape index (κ3) is 2.05. The molecule has 22 heavy (non-hydrogen) atoms. The largest absolute Gasteiger partial charge is 0.334 e. The molecule has 5 nitrogen and oxygen atoms in total. The van der Waals surface area contributed by atoms with Crippen LogP contribution in [-0.2, 0) is 13.0 Å². The Kier molecular flexibility index (Phi) is 3.08. The predicted molar refractivity (Wildman–Crippen MR) is 82.9 cm³/mol. The molecule has 0 aliphatic carbocycles. The molecule has 1 amide bonds. The number of benzene rings is 1. The topological polar surface area (TPSA) is 50.5 Å². The Labute approximate surface area is 132 Å². The maximum Gasteiger partial charge on any atom is 0.256 e. The van der Waals surface area contributed by atoms with Gasteiger partial charge in [-0.05, 0) is 17.5 Å². The van der Waals surface area contributed by atoms with E-state index in [0.29, 0.717) is 23.8 Å². The fourth-order valence-electron chi connectivity index (χ4n) is 2.94. The first kappa shape index (κ1) is 13.3. The molecule has 0 fully saturated rings. The molecule has 4 rings (SSSR count). The molecular formula is C16H13ClN4O. The van der Waals surface area contributed by atoms with Gasteiger partial charge in [0.25, 0.3) is 5.91 Å². The number of fused-ring (bicyclic) bond motifs is 3. The SMILES string of the molecule is O=C1c2cn3ncnc(Cl)c3c2CCN1Cc1ccccc1. The van der Waals surface area contributed by atoms with Crippen LogP contribution in [-0.4, -0.2) is 31.9 Å². The Hall–Kier alpha value is -2.40. The molecule has 0 N–H and O–H groups in total. The van der Waals surface area contributed by atoms with Gasteiger partial charge in [0.15, 0.2) is 5.15 Å². The van der Waals surface area contributed by atoms with E-state index in [-0.39, 0.29) is 5.91 Å². The molecule has 1 aromatic carbocycles. The van der Waals surface area contributed by atoms with Crippen molar-refractivity contribution < 1.29 is 4.79 Å². The van der Waals surface area contributed by atoms with Gasteiger partial charge in [0.2, 0.25) is 0 Å². The van der Waals surface area contributed by atoms with Crippen LogP contribution in [0.5, 0.6) is 0 Å². The van der Waals surface area contributed by atoms with Crippen LogP contribution in [0.4, 0.5) is 0 Å². The molecule has 3 heterocycles. The van der Waals surface area contributed by atoms with Gasteiger partial charge >= 0.3 is 0 Å². The second-order valence-corrected chi connectivity index (χ2v) is 5.69. The van der Waals surface area contributed by atoms with E-state index in [1.54, 1.807) is 10.7 Å². The van der Waals surface area contributed by atoms with E-state index in [9.17, 15) is 4.79 Å². The molecule has 0 radical (unpaired) electrons. The number of carbonyl (C=O) groups is 1. The van der Waals surface area contributed by atoms with E-state index in [1.165, 1.54) is 6.33 Å². The summed E-state index contributed by atoms with van der Waals surface area (Å²) >= 11 is 6.15. The van der Waals surface area contributed by atoms with Crippen LogP contribution in [0.1, 0.15) is 21.5 Å². The molecule has 0 saturated carbocycles. The zero-order chi connectivity index (χ0) is 15.1. The summed E-state index contributed by atoms with van der Waals surface area (Å²) in [5.41, 5.74) is 3.48. The quantitative estimate of drug-likeness (QED) is 0.731. The average molecular weight is 313 g/mol. The average Bonchev–Trinajstić information content (AvgIpc) is 2.92. The lowest BCUT2D eigenvalue weighted by Gasteiger charge is -2.27. The van der Waals surface area contributed by atoms with Crippen LogP contribution >= 0.6 is 11.6 Å². The highest BCUT2D eigenvalue weighted by Gasteiger charge is 2.28. The van der Waals surface area contributed by atoms with Crippen molar-refractivity contribution in [1.82, 2.24) is 19.5 Å². The predicted octanol–water partition coefficient (Wildman–Crippen LogP) is 2.58. The van der Waals surface area contributed by atoms with Crippen LogP contribution in [0, 0.1) is 0 Å². The van der Waals surface area contributed by atoms with Crippen molar-refractivity contribution in [3.63, 3.8) is 0 Å². The van der Waals surface area contributed by atoms with Gasteiger partial charge in [-0.1, -0.05) is 41.9 Å². The lowest BCUT2D eigenvalue weighted by atomic mass is 10.0. The molecule has 1 aliphatic heterocycles. The van der Waals surface area contributed by atoms with E-state index in [0.717, 1.165) is 23.1 Å². The van der Waals surface area contributed by atoms with Gasteiger partial charge < -0.3 is 4.90 Å². The van der Waals surface area contributed by atoms with Gasteiger partial charge in [0.1, 0.15) is 11.8 Å². The Morgan fingerprint density at radius 2 is 2.05 bits per heavy atom. The highest BCUT2D eigenvalue weighted by atomic mass is 35.5. The highest BCUT2D eigenvalue weighted by molar-refractivity contribution is 6.33. The van der Waals surface area contributed by atoms with Crippen molar-refractivity contribution in [3.05, 3.63) is 64.7 Å². The third-order valence-corrected chi connectivity index (χ3v) is 4.28. The number of aromatic nitrogens is 3. The molecule has 1 aliphatic rings. The van der Waals surface area contributed by atoms with Gasteiger partial charge in [-0.3, -0.25) is 4.79 Å². The minimum atomic E-state index is 0.0201. The summed E-state index contributed by atoms with van der Waals surface area (Å²) < 4.78 is 1.64. The fourth-order valence-corrected chi connectivity index (χ4v) is 3.19. The highest BCUT2D eigenvalue weighted by Crippen LogP contribution is 2.28. The number of hydrogen-bond donors (Lipinski definition) is 0. The van der Waals surface area contributed by atoms with Crippen molar-refractivity contribution in [2.45, 2.75) is 13.0 Å². The van der Waals surface area contributed by atoms with E-state index >= 15 is 0 Å². The van der Waals surface area contributed by atoms with Crippen LogP contribution in [0.3, 0.4) is 0 Å². The molecular weight excluding hydrogens is 300 g/mol. The Morgan fingerprint density at radius 1 is 1.23 bits per heavy atom. The minimum Gasteiger partial charge on any atom is -0.334 e. The first-order chi connectivity index (χ1) is 10.7. The molecule has 0 spiro atoms. The van der Waals surface area contributed by atoms with Crippen LogP contribution in [0.25, 0.3) is 5.52 Å². The molecule has 0 bridgehead atoms.